The summed E-state index contributed by atoms with van der Waals surface area (Å²) in [4.78, 5) is 0.0827. The summed E-state index contributed by atoms with van der Waals surface area (Å²) in [5.74, 6) is 0. The highest BCUT2D eigenvalue weighted by Gasteiger charge is 2.17. The molecule has 0 spiro atoms. The summed E-state index contributed by atoms with van der Waals surface area (Å²) in [6.45, 7) is 3.70. The molecule has 2 aromatic rings. The van der Waals surface area contributed by atoms with Gasteiger partial charge in [0.1, 0.15) is 0 Å². The third-order valence-corrected chi connectivity index (χ3v) is 4.67. The molecule has 0 heterocycles. The van der Waals surface area contributed by atoms with Gasteiger partial charge in [-0.3, -0.25) is 4.72 Å². The predicted octanol–water partition coefficient (Wildman–Crippen LogP) is 3.34. The third kappa shape index (κ3) is 2.89. The van der Waals surface area contributed by atoms with Crippen molar-refractivity contribution >= 4 is 33.0 Å². The normalized spacial score (nSPS) is 11.3. The van der Waals surface area contributed by atoms with Gasteiger partial charge in [0.05, 0.1) is 21.3 Å². The summed E-state index contributed by atoms with van der Waals surface area (Å²) in [5.41, 5.74) is 8.23. The first kappa shape index (κ1) is 14.7. The average Bonchev–Trinajstić information content (AvgIpc) is 2.37. The number of nitrogens with one attached hydrogen (secondary N) is 1. The number of nitrogens with two attached hydrogens (primary N) is 1. The molecule has 0 aliphatic carbocycles. The van der Waals surface area contributed by atoms with E-state index in [1.165, 1.54) is 18.2 Å². The van der Waals surface area contributed by atoms with Gasteiger partial charge in [0, 0.05) is 0 Å². The lowest BCUT2D eigenvalue weighted by Crippen LogP contribution is -2.14. The van der Waals surface area contributed by atoms with E-state index >= 15 is 0 Å². The summed E-state index contributed by atoms with van der Waals surface area (Å²) < 4.78 is 27.3. The molecule has 4 nitrogen and oxygen atoms in total. The van der Waals surface area contributed by atoms with Crippen LogP contribution in [0.15, 0.2) is 41.3 Å². The van der Waals surface area contributed by atoms with Gasteiger partial charge in [-0.15, -0.1) is 0 Å². The molecule has 0 saturated carbocycles. The summed E-state index contributed by atoms with van der Waals surface area (Å²) in [6.07, 6.45) is 0. The zero-order valence-corrected chi connectivity index (χ0v) is 12.7. The lowest BCUT2D eigenvalue weighted by molar-refractivity contribution is 0.601. The maximum atomic E-state index is 12.4. The van der Waals surface area contributed by atoms with E-state index in [4.69, 9.17) is 17.3 Å². The molecule has 0 radical (unpaired) electrons. The van der Waals surface area contributed by atoms with Gasteiger partial charge in [-0.05, 0) is 43.2 Å². The molecule has 0 amide bonds. The number of benzene rings is 2. The Morgan fingerprint density at radius 3 is 2.25 bits per heavy atom. The van der Waals surface area contributed by atoms with Gasteiger partial charge < -0.3 is 5.73 Å². The number of nitrogen functional groups attached to an aromatic ring is 1. The Labute approximate surface area is 123 Å². The van der Waals surface area contributed by atoms with Gasteiger partial charge in [0.15, 0.2) is 0 Å². The van der Waals surface area contributed by atoms with Crippen molar-refractivity contribution in [3.8, 4) is 0 Å². The summed E-state index contributed by atoms with van der Waals surface area (Å²) in [5, 5.41) is 0.217. The molecule has 0 aromatic heterocycles. The van der Waals surface area contributed by atoms with Crippen LogP contribution >= 0.6 is 11.6 Å². The zero-order chi connectivity index (χ0) is 14.9. The summed E-state index contributed by atoms with van der Waals surface area (Å²) >= 11 is 5.87. The second kappa shape index (κ2) is 5.34. The second-order valence-electron chi connectivity index (χ2n) is 4.56. The molecule has 0 aliphatic rings. The highest BCUT2D eigenvalue weighted by Crippen LogP contribution is 2.26. The fourth-order valence-electron chi connectivity index (χ4n) is 1.84. The Balaban J connectivity index is 2.43. The Kier molecular flexibility index (Phi) is 3.92. The maximum absolute atomic E-state index is 12.4. The first-order valence-corrected chi connectivity index (χ1v) is 7.81. The van der Waals surface area contributed by atoms with Crippen LogP contribution in [-0.2, 0) is 10.0 Å². The van der Waals surface area contributed by atoms with Crippen LogP contribution in [0.2, 0.25) is 5.02 Å². The molecule has 2 aromatic carbocycles. The number of rotatable bonds is 3. The monoisotopic (exact) mass is 310 g/mol. The van der Waals surface area contributed by atoms with Crippen molar-refractivity contribution in [1.82, 2.24) is 0 Å². The molecule has 6 heteroatoms. The lowest BCUT2D eigenvalue weighted by atomic mass is 10.1. The van der Waals surface area contributed by atoms with E-state index in [1.54, 1.807) is 0 Å². The van der Waals surface area contributed by atoms with Crippen LogP contribution in [0.4, 0.5) is 11.4 Å². The SMILES string of the molecule is Cc1cccc(C)c1NS(=O)(=O)c1ccc(N)c(Cl)c1. The molecule has 0 fully saturated rings. The van der Waals surface area contributed by atoms with Crippen LogP contribution in [0, 0.1) is 13.8 Å². The largest absolute Gasteiger partial charge is 0.398 e. The van der Waals surface area contributed by atoms with Gasteiger partial charge in [0.25, 0.3) is 10.0 Å². The molecule has 106 valence electrons. The van der Waals surface area contributed by atoms with Crippen molar-refractivity contribution in [3.63, 3.8) is 0 Å². The Morgan fingerprint density at radius 2 is 1.70 bits per heavy atom. The molecule has 3 N–H and O–H groups in total. The van der Waals surface area contributed by atoms with Crippen LogP contribution in [0.3, 0.4) is 0 Å². The molecule has 0 atom stereocenters. The van der Waals surface area contributed by atoms with Crippen LogP contribution in [-0.4, -0.2) is 8.42 Å². The van der Waals surface area contributed by atoms with Gasteiger partial charge in [-0.2, -0.15) is 0 Å². The van der Waals surface area contributed by atoms with Crippen LogP contribution in [0.5, 0.6) is 0 Å². The van der Waals surface area contributed by atoms with Gasteiger partial charge in [-0.1, -0.05) is 29.8 Å². The number of para-hydroxylation sites is 1. The number of hydrogen-bond acceptors (Lipinski definition) is 3. The smallest absolute Gasteiger partial charge is 0.261 e. The highest BCUT2D eigenvalue weighted by atomic mass is 35.5. The van der Waals surface area contributed by atoms with Gasteiger partial charge >= 0.3 is 0 Å². The fraction of sp³-hybridized carbons (Fsp3) is 0.143. The fourth-order valence-corrected chi connectivity index (χ4v) is 3.32. The molecule has 0 bridgehead atoms. The minimum atomic E-state index is -3.69. The molecule has 0 aliphatic heterocycles. The molecule has 0 saturated heterocycles. The van der Waals surface area contributed by atoms with Crippen molar-refractivity contribution in [2.24, 2.45) is 0 Å². The van der Waals surface area contributed by atoms with Gasteiger partial charge in [0.2, 0.25) is 0 Å². The number of aryl methyl sites for hydroxylation is 2. The number of sulfonamides is 1. The third-order valence-electron chi connectivity index (χ3n) is 3.00. The number of anilines is 2. The quantitative estimate of drug-likeness (QED) is 0.854. The zero-order valence-electron chi connectivity index (χ0n) is 11.1. The number of hydrogen-bond donors (Lipinski definition) is 2. The van der Waals surface area contributed by atoms with E-state index in [0.29, 0.717) is 11.4 Å². The molecule has 20 heavy (non-hydrogen) atoms. The first-order valence-electron chi connectivity index (χ1n) is 5.95. The van der Waals surface area contributed by atoms with Crippen LogP contribution < -0.4 is 10.5 Å². The minimum Gasteiger partial charge on any atom is -0.398 e. The van der Waals surface area contributed by atoms with E-state index < -0.39 is 10.0 Å². The second-order valence-corrected chi connectivity index (χ2v) is 6.65. The highest BCUT2D eigenvalue weighted by molar-refractivity contribution is 7.92. The van der Waals surface area contributed by atoms with E-state index in [1.807, 2.05) is 32.0 Å². The Bertz CT molecular complexity index is 738. The summed E-state index contributed by atoms with van der Waals surface area (Å²) in [6, 6.07) is 9.82. The molecular formula is C14H15ClN2O2S. The van der Waals surface area contributed by atoms with E-state index in [-0.39, 0.29) is 9.92 Å². The van der Waals surface area contributed by atoms with Crippen LogP contribution in [0.1, 0.15) is 11.1 Å². The van der Waals surface area contributed by atoms with Crippen molar-refractivity contribution < 1.29 is 8.42 Å². The number of halogens is 1. The van der Waals surface area contributed by atoms with Crippen molar-refractivity contribution in [3.05, 3.63) is 52.5 Å². The topological polar surface area (TPSA) is 72.2 Å². The van der Waals surface area contributed by atoms with E-state index in [2.05, 4.69) is 4.72 Å². The van der Waals surface area contributed by atoms with E-state index in [9.17, 15) is 8.42 Å². The molecule has 2 rings (SSSR count). The van der Waals surface area contributed by atoms with Crippen LogP contribution in [0.25, 0.3) is 0 Å². The molecule has 0 unspecified atom stereocenters. The maximum Gasteiger partial charge on any atom is 0.261 e. The Hall–Kier alpha value is -1.72. The predicted molar refractivity (Wildman–Crippen MR) is 82.6 cm³/mol. The van der Waals surface area contributed by atoms with Crippen molar-refractivity contribution in [2.75, 3.05) is 10.5 Å². The average molecular weight is 311 g/mol. The van der Waals surface area contributed by atoms with Gasteiger partial charge in [-0.25, -0.2) is 8.42 Å². The minimum absolute atomic E-state index is 0.0827. The standard InChI is InChI=1S/C14H15ClN2O2S/c1-9-4-3-5-10(2)14(9)17-20(18,19)11-6-7-13(16)12(15)8-11/h3-8,17H,16H2,1-2H3. The van der Waals surface area contributed by atoms with E-state index in [0.717, 1.165) is 11.1 Å². The Morgan fingerprint density at radius 1 is 1.10 bits per heavy atom. The van der Waals surface area contributed by atoms with Crippen molar-refractivity contribution in [2.45, 2.75) is 18.7 Å². The first-order chi connectivity index (χ1) is 9.31. The molecular weight excluding hydrogens is 296 g/mol. The lowest BCUT2D eigenvalue weighted by Gasteiger charge is -2.13. The summed E-state index contributed by atoms with van der Waals surface area (Å²) in [7, 11) is -3.69. The van der Waals surface area contributed by atoms with Crippen molar-refractivity contribution in [1.29, 1.82) is 0 Å².